The highest BCUT2D eigenvalue weighted by Crippen LogP contribution is 2.30. The molecule has 1 unspecified atom stereocenters. The van der Waals surface area contributed by atoms with Gasteiger partial charge in [-0.3, -0.25) is 0 Å². The Morgan fingerprint density at radius 3 is 2.30 bits per heavy atom. The molecule has 0 aliphatic heterocycles. The van der Waals surface area contributed by atoms with Gasteiger partial charge in [0.2, 0.25) is 0 Å². The van der Waals surface area contributed by atoms with Gasteiger partial charge in [-0.05, 0) is 24.3 Å². The fourth-order valence-electron chi connectivity index (χ4n) is 1.98. The number of rotatable bonds is 5. The van der Waals surface area contributed by atoms with Gasteiger partial charge < -0.3 is 9.84 Å². The minimum absolute atomic E-state index is 0.0394. The molecule has 0 aliphatic rings. The molecule has 0 bridgehead atoms. The average molecular weight is 374 g/mol. The van der Waals surface area contributed by atoms with E-state index in [1.54, 1.807) is 18.2 Å². The van der Waals surface area contributed by atoms with Crippen LogP contribution in [0.4, 0.5) is 0 Å². The van der Waals surface area contributed by atoms with E-state index in [-0.39, 0.29) is 17.0 Å². The van der Waals surface area contributed by atoms with E-state index in [2.05, 4.69) is 0 Å². The van der Waals surface area contributed by atoms with Crippen LogP contribution in [0.5, 0.6) is 0 Å². The summed E-state index contributed by atoms with van der Waals surface area (Å²) in [5.74, 6) is -2.05. The minimum atomic E-state index is -1.22. The van der Waals surface area contributed by atoms with Crippen LogP contribution in [0.3, 0.4) is 0 Å². The van der Waals surface area contributed by atoms with Crippen molar-refractivity contribution in [2.24, 2.45) is 0 Å². The molecular formula is C16H11Cl3O4. The lowest BCUT2D eigenvalue weighted by molar-refractivity contribution is 0.0338. The van der Waals surface area contributed by atoms with Gasteiger partial charge in [-0.2, -0.15) is 0 Å². The van der Waals surface area contributed by atoms with Crippen molar-refractivity contribution in [2.75, 3.05) is 5.88 Å². The van der Waals surface area contributed by atoms with Crippen LogP contribution in [0.1, 0.15) is 32.4 Å². The number of carbonyl (C=O) groups excluding carboxylic acids is 1. The third-order valence-corrected chi connectivity index (χ3v) is 3.92. The van der Waals surface area contributed by atoms with Crippen LogP contribution >= 0.6 is 34.8 Å². The molecule has 7 heteroatoms. The molecule has 2 rings (SSSR count). The number of benzene rings is 2. The number of carbonyl (C=O) groups is 2. The Hall–Kier alpha value is -1.75. The smallest absolute Gasteiger partial charge is 0.339 e. The van der Waals surface area contributed by atoms with E-state index in [9.17, 15) is 9.59 Å². The Morgan fingerprint density at radius 2 is 1.74 bits per heavy atom. The van der Waals surface area contributed by atoms with Crippen molar-refractivity contribution in [3.63, 3.8) is 0 Å². The average Bonchev–Trinajstić information content (AvgIpc) is 2.53. The Kier molecular flexibility index (Phi) is 5.88. The van der Waals surface area contributed by atoms with Crippen LogP contribution in [-0.4, -0.2) is 22.9 Å². The molecule has 0 fully saturated rings. The number of hydrogen-bond acceptors (Lipinski definition) is 3. The van der Waals surface area contributed by atoms with E-state index in [1.807, 2.05) is 0 Å². The molecule has 0 aliphatic carbocycles. The molecule has 0 saturated heterocycles. The van der Waals surface area contributed by atoms with E-state index in [0.29, 0.717) is 15.6 Å². The zero-order valence-electron chi connectivity index (χ0n) is 11.6. The summed E-state index contributed by atoms with van der Waals surface area (Å²) in [5, 5.41) is 9.88. The van der Waals surface area contributed by atoms with Crippen LogP contribution < -0.4 is 0 Å². The quantitative estimate of drug-likeness (QED) is 0.602. The van der Waals surface area contributed by atoms with Crippen molar-refractivity contribution in [3.05, 3.63) is 69.2 Å². The highest BCUT2D eigenvalue weighted by molar-refractivity contribution is 6.35. The maximum absolute atomic E-state index is 12.3. The van der Waals surface area contributed by atoms with Gasteiger partial charge in [0, 0.05) is 15.6 Å². The molecule has 0 aromatic heterocycles. The number of ether oxygens (including phenoxy) is 1. The molecule has 23 heavy (non-hydrogen) atoms. The van der Waals surface area contributed by atoms with Crippen molar-refractivity contribution >= 4 is 46.7 Å². The predicted octanol–water partition coefficient (Wildman–Crippen LogP) is 4.83. The first-order chi connectivity index (χ1) is 10.9. The van der Waals surface area contributed by atoms with Gasteiger partial charge in [-0.25, -0.2) is 9.59 Å². The largest absolute Gasteiger partial charge is 0.478 e. The molecular weight excluding hydrogens is 363 g/mol. The van der Waals surface area contributed by atoms with Crippen LogP contribution in [0.2, 0.25) is 10.0 Å². The standard InChI is InChI=1S/C16H11Cl3O4/c17-8-14(12-6-5-9(18)7-13(12)19)23-16(22)11-4-2-1-3-10(11)15(20)21/h1-7,14H,8H2,(H,20,21). The van der Waals surface area contributed by atoms with Crippen molar-refractivity contribution in [3.8, 4) is 0 Å². The Bertz CT molecular complexity index is 746. The highest BCUT2D eigenvalue weighted by Gasteiger charge is 2.23. The number of alkyl halides is 1. The van der Waals surface area contributed by atoms with Crippen molar-refractivity contribution in [1.82, 2.24) is 0 Å². The first-order valence-corrected chi connectivity index (χ1v) is 7.77. The molecule has 4 nitrogen and oxygen atoms in total. The summed E-state index contributed by atoms with van der Waals surface area (Å²) >= 11 is 17.8. The van der Waals surface area contributed by atoms with Crippen molar-refractivity contribution in [1.29, 1.82) is 0 Å². The Morgan fingerprint density at radius 1 is 1.09 bits per heavy atom. The molecule has 0 radical (unpaired) electrons. The number of hydrogen-bond donors (Lipinski definition) is 1. The van der Waals surface area contributed by atoms with Gasteiger partial charge in [0.15, 0.2) is 0 Å². The van der Waals surface area contributed by atoms with Crippen LogP contribution in [0.15, 0.2) is 42.5 Å². The molecule has 0 amide bonds. The van der Waals surface area contributed by atoms with Gasteiger partial charge in [0.1, 0.15) is 6.10 Å². The maximum Gasteiger partial charge on any atom is 0.339 e. The fraction of sp³-hybridized carbons (Fsp3) is 0.125. The minimum Gasteiger partial charge on any atom is -0.478 e. The summed E-state index contributed by atoms with van der Waals surface area (Å²) in [7, 11) is 0. The highest BCUT2D eigenvalue weighted by atomic mass is 35.5. The maximum atomic E-state index is 12.3. The van der Waals surface area contributed by atoms with Gasteiger partial charge in [-0.1, -0.05) is 41.4 Å². The third-order valence-electron chi connectivity index (χ3n) is 3.08. The first kappa shape index (κ1) is 17.6. The van der Waals surface area contributed by atoms with E-state index in [4.69, 9.17) is 44.6 Å². The monoisotopic (exact) mass is 372 g/mol. The lowest BCUT2D eigenvalue weighted by Gasteiger charge is -2.17. The number of aromatic carboxylic acids is 1. The van der Waals surface area contributed by atoms with E-state index in [1.165, 1.54) is 24.3 Å². The number of esters is 1. The molecule has 0 spiro atoms. The van der Waals surface area contributed by atoms with Crippen LogP contribution in [0.25, 0.3) is 0 Å². The summed E-state index contributed by atoms with van der Waals surface area (Å²) in [6.07, 6.45) is -0.823. The van der Waals surface area contributed by atoms with Crippen LogP contribution in [-0.2, 0) is 4.74 Å². The SMILES string of the molecule is O=C(O)c1ccccc1C(=O)OC(CCl)c1ccc(Cl)cc1Cl. The van der Waals surface area contributed by atoms with Crippen molar-refractivity contribution < 1.29 is 19.4 Å². The number of halogens is 3. The normalized spacial score (nSPS) is 11.8. The number of carboxylic acids is 1. The lowest BCUT2D eigenvalue weighted by atomic mass is 10.1. The fourth-order valence-corrected chi connectivity index (χ4v) is 2.74. The van der Waals surface area contributed by atoms with Gasteiger partial charge >= 0.3 is 11.9 Å². The summed E-state index contributed by atoms with van der Waals surface area (Å²) < 4.78 is 5.32. The zero-order chi connectivity index (χ0) is 17.0. The topological polar surface area (TPSA) is 63.6 Å². The summed E-state index contributed by atoms with van der Waals surface area (Å²) in [6, 6.07) is 10.5. The first-order valence-electron chi connectivity index (χ1n) is 6.48. The molecule has 1 atom stereocenters. The van der Waals surface area contributed by atoms with E-state index in [0.717, 1.165) is 0 Å². The lowest BCUT2D eigenvalue weighted by Crippen LogP contribution is -2.16. The zero-order valence-corrected chi connectivity index (χ0v) is 13.9. The molecule has 120 valence electrons. The summed E-state index contributed by atoms with van der Waals surface area (Å²) in [4.78, 5) is 23.5. The molecule has 1 N–H and O–H groups in total. The second-order valence-electron chi connectivity index (χ2n) is 4.56. The van der Waals surface area contributed by atoms with Gasteiger partial charge in [0.05, 0.1) is 17.0 Å². The Balaban J connectivity index is 2.29. The second kappa shape index (κ2) is 7.68. The molecule has 0 heterocycles. The molecule has 2 aromatic rings. The van der Waals surface area contributed by atoms with Crippen LogP contribution in [0, 0.1) is 0 Å². The van der Waals surface area contributed by atoms with Crippen molar-refractivity contribution in [2.45, 2.75) is 6.10 Å². The molecule has 2 aromatic carbocycles. The summed E-state index contributed by atoms with van der Waals surface area (Å²) in [5.41, 5.74) is 0.292. The Labute approximate surface area is 147 Å². The predicted molar refractivity (Wildman–Crippen MR) is 88.7 cm³/mol. The number of carboxylic acid groups (broad SMARTS) is 1. The second-order valence-corrected chi connectivity index (χ2v) is 5.72. The van der Waals surface area contributed by atoms with Gasteiger partial charge in [0.25, 0.3) is 0 Å². The van der Waals surface area contributed by atoms with Gasteiger partial charge in [-0.15, -0.1) is 11.6 Å². The molecule has 0 saturated carbocycles. The van der Waals surface area contributed by atoms with E-state index < -0.39 is 18.0 Å². The summed E-state index contributed by atoms with van der Waals surface area (Å²) in [6.45, 7) is 0. The van der Waals surface area contributed by atoms with E-state index >= 15 is 0 Å². The third kappa shape index (κ3) is 4.16.